The van der Waals surface area contributed by atoms with Gasteiger partial charge in [0.05, 0.1) is 25.5 Å². The quantitative estimate of drug-likeness (QED) is 0.122. The van der Waals surface area contributed by atoms with Gasteiger partial charge in [-0.05, 0) is 89.3 Å². The number of amides is 2. The molecule has 0 radical (unpaired) electrons. The predicted octanol–water partition coefficient (Wildman–Crippen LogP) is 10.3. The second kappa shape index (κ2) is 21.7. The Bertz CT molecular complexity index is 2310. The Morgan fingerprint density at radius 3 is 2.12 bits per heavy atom. The molecule has 0 spiro atoms. The lowest BCUT2D eigenvalue weighted by molar-refractivity contribution is -0.0657. The van der Waals surface area contributed by atoms with Crippen LogP contribution in [0.25, 0.3) is 22.3 Å². The van der Waals surface area contributed by atoms with Crippen LogP contribution in [0.2, 0.25) is 0 Å². The molecule has 2 N–H and O–H groups in total. The molecule has 0 saturated carbocycles. The molecule has 1 aliphatic heterocycles. The minimum atomic E-state index is -3.05. The van der Waals surface area contributed by atoms with Crippen molar-refractivity contribution >= 4 is 34.9 Å². The maximum Gasteiger partial charge on any atom is 0.425 e. The van der Waals surface area contributed by atoms with E-state index in [9.17, 15) is 27.9 Å². The van der Waals surface area contributed by atoms with Crippen LogP contribution in [-0.4, -0.2) is 86.3 Å². The summed E-state index contributed by atoms with van der Waals surface area (Å²) in [7, 11) is 1.23. The van der Waals surface area contributed by atoms with Gasteiger partial charge in [-0.1, -0.05) is 64.1 Å². The highest BCUT2D eigenvalue weighted by atomic mass is 19.3. The number of piperidine rings is 1. The third-order valence-electron chi connectivity index (χ3n) is 9.88. The summed E-state index contributed by atoms with van der Waals surface area (Å²) in [5, 5.41) is 14.3. The summed E-state index contributed by atoms with van der Waals surface area (Å²) in [5.41, 5.74) is -1.04. The van der Waals surface area contributed by atoms with Crippen LogP contribution >= 0.6 is 0 Å². The minimum Gasteiger partial charge on any atom is -0.494 e. The van der Waals surface area contributed by atoms with Gasteiger partial charge >= 0.3 is 12.2 Å². The van der Waals surface area contributed by atoms with Crippen molar-refractivity contribution in [3.63, 3.8) is 0 Å². The number of carbonyl (C=O) groups is 2. The van der Waals surface area contributed by atoms with Gasteiger partial charge in [0.2, 0.25) is 0 Å². The van der Waals surface area contributed by atoms with E-state index in [4.69, 9.17) is 14.2 Å². The molecular weight excluding hydrogens is 835 g/mol. The number of nitrogens with zero attached hydrogens (tertiary/aromatic N) is 6. The number of hydrogen-bond donors (Lipinski definition) is 2. The lowest BCUT2D eigenvalue weighted by Crippen LogP contribution is -2.65. The molecule has 5 aromatic rings. The number of aliphatic hydroxyl groups excluding tert-OH is 1. The van der Waals surface area contributed by atoms with Gasteiger partial charge in [-0.15, -0.1) is 0 Å². The first-order valence-electron chi connectivity index (χ1n) is 21.4. The van der Waals surface area contributed by atoms with Gasteiger partial charge in [-0.25, -0.2) is 42.1 Å². The van der Waals surface area contributed by atoms with Gasteiger partial charge in [0.25, 0.3) is 6.43 Å². The topological polar surface area (TPSA) is 144 Å². The van der Waals surface area contributed by atoms with Crippen molar-refractivity contribution in [2.24, 2.45) is 0 Å². The molecule has 348 valence electrons. The fraction of sp³-hybridized carbons (Fsp3) is 0.468. The first-order valence-corrected chi connectivity index (χ1v) is 21.4. The number of hydrogen-bond acceptors (Lipinski definition) is 11. The lowest BCUT2D eigenvalue weighted by Gasteiger charge is -2.47. The van der Waals surface area contributed by atoms with Crippen molar-refractivity contribution in [2.75, 3.05) is 30.0 Å². The van der Waals surface area contributed by atoms with Gasteiger partial charge in [-0.3, -0.25) is 0 Å². The van der Waals surface area contributed by atoms with Crippen LogP contribution < -0.4 is 19.9 Å². The number of benzene rings is 3. The van der Waals surface area contributed by atoms with Crippen LogP contribution in [0, 0.1) is 11.6 Å². The zero-order valence-electron chi connectivity index (χ0n) is 38.5. The number of imidazole rings is 1. The molecule has 6 rings (SSSR count). The van der Waals surface area contributed by atoms with E-state index in [0.717, 1.165) is 24.0 Å². The lowest BCUT2D eigenvalue weighted by atomic mass is 9.82. The van der Waals surface area contributed by atoms with Crippen LogP contribution in [0.5, 0.6) is 5.75 Å². The fourth-order valence-electron chi connectivity index (χ4n) is 7.18. The summed E-state index contributed by atoms with van der Waals surface area (Å²) in [4.78, 5) is 42.8. The first-order chi connectivity index (χ1) is 30.3. The van der Waals surface area contributed by atoms with E-state index in [1.165, 1.54) is 13.4 Å². The average molecular weight is 896 g/mol. The van der Waals surface area contributed by atoms with Crippen LogP contribution in [0.1, 0.15) is 93.2 Å². The molecule has 13 nitrogen and oxygen atoms in total. The number of rotatable bonds is 11. The van der Waals surface area contributed by atoms with E-state index in [0.29, 0.717) is 34.7 Å². The SMILES string of the molecule is CC.CC.COc1cc(F)c(-c2ccc(N3CCCC(NCc4ccccc4)(C(O)C(F)F)C3)c(Cn3cnc4c(N(C(=O)OC(C)(C)C)C(=O)OC(C)(C)C)ncnc43)c2)cc1F. The van der Waals surface area contributed by atoms with E-state index in [2.05, 4.69) is 20.3 Å². The summed E-state index contributed by atoms with van der Waals surface area (Å²) in [6, 6.07) is 16.2. The van der Waals surface area contributed by atoms with Crippen LogP contribution in [0.4, 0.5) is 38.7 Å². The number of aliphatic hydroxyl groups is 1. The Labute approximate surface area is 372 Å². The largest absolute Gasteiger partial charge is 0.494 e. The van der Waals surface area contributed by atoms with Crippen LogP contribution in [0.15, 0.2) is 73.3 Å². The van der Waals surface area contributed by atoms with Gasteiger partial charge in [0.15, 0.2) is 28.5 Å². The van der Waals surface area contributed by atoms with E-state index < -0.39 is 53.1 Å². The molecule has 2 aromatic heterocycles. The molecule has 1 fully saturated rings. The van der Waals surface area contributed by atoms with Gasteiger partial charge < -0.3 is 34.1 Å². The number of methoxy groups -OCH3 is 1. The number of imide groups is 1. The van der Waals surface area contributed by atoms with Gasteiger partial charge in [0, 0.05) is 37.0 Å². The third-order valence-corrected chi connectivity index (χ3v) is 9.88. The predicted molar refractivity (Wildman–Crippen MR) is 240 cm³/mol. The number of anilines is 2. The maximum atomic E-state index is 15.5. The number of carbonyl (C=O) groups excluding carboxylic acids is 2. The normalized spacial score (nSPS) is 15.7. The highest BCUT2D eigenvalue weighted by Crippen LogP contribution is 2.37. The molecule has 17 heteroatoms. The molecule has 2 unspecified atom stereocenters. The zero-order valence-corrected chi connectivity index (χ0v) is 38.5. The van der Waals surface area contributed by atoms with Crippen LogP contribution in [-0.2, 0) is 22.6 Å². The molecule has 1 aliphatic rings. The summed E-state index contributed by atoms with van der Waals surface area (Å²) in [6.07, 6.45) is -3.94. The van der Waals surface area contributed by atoms with Gasteiger partial charge in [0.1, 0.15) is 29.5 Å². The van der Waals surface area contributed by atoms with Crippen molar-refractivity contribution in [1.82, 2.24) is 24.8 Å². The summed E-state index contributed by atoms with van der Waals surface area (Å²) >= 11 is 0. The molecule has 2 amide bonds. The molecule has 3 heterocycles. The van der Waals surface area contributed by atoms with E-state index in [1.54, 1.807) is 64.3 Å². The molecule has 3 aromatic carbocycles. The van der Waals surface area contributed by atoms with E-state index in [-0.39, 0.29) is 54.3 Å². The summed E-state index contributed by atoms with van der Waals surface area (Å²) in [6.45, 7) is 18.4. The Morgan fingerprint density at radius 2 is 1.53 bits per heavy atom. The number of fused-ring (bicyclic) bond motifs is 1. The summed E-state index contributed by atoms with van der Waals surface area (Å²) < 4.78 is 77.1. The number of halogens is 4. The number of ether oxygens (including phenoxy) is 3. The fourth-order valence-corrected chi connectivity index (χ4v) is 7.18. The number of alkyl halides is 2. The molecule has 2 atom stereocenters. The van der Waals surface area contributed by atoms with Crippen molar-refractivity contribution in [3.8, 4) is 16.9 Å². The minimum absolute atomic E-state index is 0.0202. The van der Waals surface area contributed by atoms with Crippen molar-refractivity contribution in [2.45, 2.75) is 124 Å². The highest BCUT2D eigenvalue weighted by molar-refractivity contribution is 6.12. The molecule has 0 aliphatic carbocycles. The third kappa shape index (κ3) is 12.3. The first kappa shape index (κ1) is 50.8. The van der Waals surface area contributed by atoms with Crippen molar-refractivity contribution in [3.05, 3.63) is 96.1 Å². The maximum absolute atomic E-state index is 15.5. The smallest absolute Gasteiger partial charge is 0.425 e. The Kier molecular flexibility index (Phi) is 17.2. The standard InChI is InChI=1S/C43H49F4N7O6.2C2H6/c1-41(2,3)59-39(56)54(40(57)60-42(4,5)6)38-34-37(48-24-49-38)53(25-50-34)22-28-18-27(29-19-31(45)33(58-7)20-30(29)44)14-15-32(28)52-17-11-16-43(23-52,35(55)36(46)47)51-21-26-12-9-8-10-13-26;2*1-2/h8-10,12-15,18-20,24-25,35-36,51,55H,11,16-17,21-23H2,1-7H3;2*1-2H3. The number of aromatic nitrogens is 4. The van der Waals surface area contributed by atoms with E-state index >= 15 is 4.39 Å². The zero-order chi connectivity index (χ0) is 47.6. The molecule has 0 bridgehead atoms. The Morgan fingerprint density at radius 1 is 0.891 bits per heavy atom. The Balaban J connectivity index is 0.00000218. The monoisotopic (exact) mass is 895 g/mol. The van der Waals surface area contributed by atoms with Crippen molar-refractivity contribution < 1.29 is 46.5 Å². The second-order valence-electron chi connectivity index (χ2n) is 16.6. The van der Waals surface area contributed by atoms with E-state index in [1.807, 2.05) is 62.9 Å². The highest BCUT2D eigenvalue weighted by Gasteiger charge is 2.46. The number of nitrogens with one attached hydrogen (secondary N) is 1. The summed E-state index contributed by atoms with van der Waals surface area (Å²) in [5.74, 6) is -2.01. The van der Waals surface area contributed by atoms with Gasteiger partial charge in [-0.2, -0.15) is 4.90 Å². The second-order valence-corrected chi connectivity index (χ2v) is 16.6. The average Bonchev–Trinajstić information content (AvgIpc) is 3.67. The molecule has 1 saturated heterocycles. The Hall–Kier alpha value is -5.81. The molecule has 64 heavy (non-hydrogen) atoms. The van der Waals surface area contributed by atoms with Crippen molar-refractivity contribution in [1.29, 1.82) is 0 Å². The van der Waals surface area contributed by atoms with Crippen LogP contribution in [0.3, 0.4) is 0 Å². The molecular formula is C47H61F4N7O6.